The molecule has 6 rings (SSSR count). The molecule has 16 nitrogen and oxygen atoms in total. The lowest BCUT2D eigenvalue weighted by molar-refractivity contribution is -0.144. The van der Waals surface area contributed by atoms with Crippen LogP contribution in [0.15, 0.2) is 48.5 Å². The SMILES string of the molecule is CNC(C)C(=O)NC(C(=O)N1CCCC1C(=O)NC1c2ccccc2CC1OCC#CC#CCOC1Cc2ccccc2C1NC(=O)C1CCCN1C(=O)C(NC(=O)C(C)NC)C(C)(C)C)C(C)(C)C. The predicted octanol–water partition coefficient (Wildman–Crippen LogP) is 2.85. The summed E-state index contributed by atoms with van der Waals surface area (Å²) in [5, 5.41) is 18.1. The molecule has 2 aliphatic carbocycles. The fourth-order valence-electron chi connectivity index (χ4n) is 9.76. The summed E-state index contributed by atoms with van der Waals surface area (Å²) in [6.07, 6.45) is 2.68. The highest BCUT2D eigenvalue weighted by molar-refractivity contribution is 5.95. The molecule has 2 aliphatic heterocycles. The van der Waals surface area contributed by atoms with E-state index in [0.717, 1.165) is 22.3 Å². The number of carbonyl (C=O) groups is 6. The lowest BCUT2D eigenvalue weighted by Crippen LogP contribution is -2.59. The van der Waals surface area contributed by atoms with Crippen LogP contribution in [0.3, 0.4) is 0 Å². The van der Waals surface area contributed by atoms with Gasteiger partial charge in [-0.25, -0.2) is 0 Å². The number of likely N-dealkylation sites (N-methyl/N-ethyl adjacent to an activating group) is 2. The highest BCUT2D eigenvalue weighted by Gasteiger charge is 2.46. The fourth-order valence-corrected chi connectivity index (χ4v) is 9.76. The van der Waals surface area contributed by atoms with E-state index in [1.54, 1.807) is 37.7 Å². The lowest BCUT2D eigenvalue weighted by Gasteiger charge is -2.36. The largest absolute Gasteiger partial charge is 0.363 e. The Morgan fingerprint density at radius 1 is 0.614 bits per heavy atom. The minimum absolute atomic E-state index is 0.0667. The van der Waals surface area contributed by atoms with Gasteiger partial charge in [0.05, 0.1) is 36.4 Å². The van der Waals surface area contributed by atoms with Gasteiger partial charge >= 0.3 is 0 Å². The molecule has 2 fully saturated rings. The number of nitrogens with zero attached hydrogens (tertiary/aromatic N) is 2. The van der Waals surface area contributed by atoms with Crippen LogP contribution in [0.1, 0.15) is 115 Å². The Morgan fingerprint density at radius 2 is 0.986 bits per heavy atom. The number of ether oxygens (including phenoxy) is 2. The molecule has 0 saturated carbocycles. The summed E-state index contributed by atoms with van der Waals surface area (Å²) in [7, 11) is 3.37. The van der Waals surface area contributed by atoms with E-state index in [4.69, 9.17) is 9.47 Å². The fraction of sp³-hybridized carbons (Fsp3) is 0.593. The van der Waals surface area contributed by atoms with E-state index < -0.39 is 71.4 Å². The summed E-state index contributed by atoms with van der Waals surface area (Å²) in [6.45, 7) is 15.8. The molecule has 2 aromatic carbocycles. The second kappa shape index (κ2) is 23.4. The second-order valence-electron chi connectivity index (χ2n) is 21.1. The van der Waals surface area contributed by atoms with E-state index >= 15 is 0 Å². The van der Waals surface area contributed by atoms with Crippen molar-refractivity contribution in [2.24, 2.45) is 10.8 Å². The summed E-state index contributed by atoms with van der Waals surface area (Å²) in [5.41, 5.74) is 2.84. The zero-order valence-electron chi connectivity index (χ0n) is 42.6. The molecule has 2 aromatic rings. The van der Waals surface area contributed by atoms with Crippen LogP contribution in [0.4, 0.5) is 0 Å². The van der Waals surface area contributed by atoms with Gasteiger partial charge in [-0.3, -0.25) is 28.8 Å². The van der Waals surface area contributed by atoms with Gasteiger partial charge in [-0.2, -0.15) is 0 Å². The number of hydrogen-bond acceptors (Lipinski definition) is 10. The van der Waals surface area contributed by atoms with Crippen molar-refractivity contribution in [1.29, 1.82) is 0 Å². The number of likely N-dealkylation sites (tertiary alicyclic amines) is 2. The van der Waals surface area contributed by atoms with Gasteiger partial charge in [-0.1, -0.05) is 102 Å². The molecule has 2 heterocycles. The lowest BCUT2D eigenvalue weighted by atomic mass is 9.85. The molecule has 2 saturated heterocycles. The number of fused-ring (bicyclic) bond motifs is 2. The van der Waals surface area contributed by atoms with Crippen molar-refractivity contribution in [3.8, 4) is 23.7 Å². The van der Waals surface area contributed by atoms with Crippen LogP contribution in [0.5, 0.6) is 0 Å². The van der Waals surface area contributed by atoms with Crippen LogP contribution < -0.4 is 31.9 Å². The summed E-state index contributed by atoms with van der Waals surface area (Å²) >= 11 is 0. The van der Waals surface area contributed by atoms with Gasteiger partial charge in [0.15, 0.2) is 0 Å². The average Bonchev–Trinajstić information content (AvgIpc) is 4.15. The maximum Gasteiger partial charge on any atom is 0.246 e. The van der Waals surface area contributed by atoms with Crippen LogP contribution in [0, 0.1) is 34.5 Å². The first-order valence-corrected chi connectivity index (χ1v) is 24.8. The van der Waals surface area contributed by atoms with E-state index in [9.17, 15) is 28.8 Å². The molecular weight excluding hydrogens is 889 g/mol. The molecule has 6 amide bonds. The zero-order valence-corrected chi connectivity index (χ0v) is 42.6. The number of amides is 6. The number of hydrogen-bond donors (Lipinski definition) is 6. The number of carbonyl (C=O) groups excluding carboxylic acids is 6. The minimum Gasteiger partial charge on any atom is -0.363 e. The van der Waals surface area contributed by atoms with Gasteiger partial charge in [0, 0.05) is 25.9 Å². The summed E-state index contributed by atoms with van der Waals surface area (Å²) in [4.78, 5) is 85.2. The quantitative estimate of drug-likeness (QED) is 0.136. The Labute approximate surface area is 414 Å². The average molecular weight is 963 g/mol. The number of benzene rings is 2. The van der Waals surface area contributed by atoms with Gasteiger partial charge in [-0.15, -0.1) is 0 Å². The molecule has 10 atom stereocenters. The molecule has 6 N–H and O–H groups in total. The van der Waals surface area contributed by atoms with Crippen molar-refractivity contribution in [1.82, 2.24) is 41.7 Å². The van der Waals surface area contributed by atoms with E-state index in [1.165, 1.54) is 0 Å². The van der Waals surface area contributed by atoms with E-state index in [-0.39, 0.29) is 48.7 Å². The van der Waals surface area contributed by atoms with E-state index in [1.807, 2.05) is 90.1 Å². The summed E-state index contributed by atoms with van der Waals surface area (Å²) < 4.78 is 12.6. The molecule has 10 unspecified atom stereocenters. The van der Waals surface area contributed by atoms with Gasteiger partial charge in [-0.05, 0) is 98.6 Å². The Balaban J connectivity index is 1.05. The highest BCUT2D eigenvalue weighted by Crippen LogP contribution is 2.36. The monoisotopic (exact) mass is 963 g/mol. The van der Waals surface area contributed by atoms with Crippen LogP contribution in [0.25, 0.3) is 0 Å². The molecule has 0 aromatic heterocycles. The van der Waals surface area contributed by atoms with Crippen molar-refractivity contribution >= 4 is 35.4 Å². The molecule has 16 heteroatoms. The standard InChI is InChI=1S/C54H74N8O8/c1-33(55-9)47(63)59-45(53(3,4)5)51(67)61-27-19-25-39(61)49(65)57-43-37-23-15-13-21-35(37)31-41(43)69-29-17-11-12-18-30-70-42-32-36-22-14-16-24-38(36)44(42)58-50(66)40-26-20-28-62(40)52(68)46(54(6,7)8)60-48(64)34(2)56-10/h13-16,21-24,33-34,39-46,55-56H,19-20,25-32H2,1-10H3,(H,57,65)(H,58,66)(H,59,63)(H,60,64). The van der Waals surface area contributed by atoms with Gasteiger partial charge < -0.3 is 51.2 Å². The van der Waals surface area contributed by atoms with Gasteiger partial charge in [0.25, 0.3) is 0 Å². The molecule has 0 bridgehead atoms. The Bertz CT molecular complexity index is 2210. The van der Waals surface area contributed by atoms with E-state index in [2.05, 4.69) is 55.6 Å². The molecule has 378 valence electrons. The molecule has 4 aliphatic rings. The maximum absolute atomic E-state index is 14.1. The van der Waals surface area contributed by atoms with E-state index in [0.29, 0.717) is 51.6 Å². The molecular formula is C54H74N8O8. The first-order chi connectivity index (χ1) is 33.2. The Hall–Kier alpha value is -5.78. The number of nitrogens with one attached hydrogen (secondary N) is 6. The number of rotatable bonds is 16. The molecule has 0 radical (unpaired) electrons. The van der Waals surface area contributed by atoms with Crippen LogP contribution in [0.2, 0.25) is 0 Å². The summed E-state index contributed by atoms with van der Waals surface area (Å²) in [6, 6.07) is 10.8. The van der Waals surface area contributed by atoms with Crippen molar-refractivity contribution in [3.05, 3.63) is 70.8 Å². The topological polar surface area (TPSA) is 200 Å². The third-order valence-electron chi connectivity index (χ3n) is 14.1. The van der Waals surface area contributed by atoms with Gasteiger partial charge in [0.2, 0.25) is 35.4 Å². The Kier molecular flexibility index (Phi) is 17.9. The molecule has 70 heavy (non-hydrogen) atoms. The van der Waals surface area contributed by atoms with Gasteiger partial charge in [0.1, 0.15) is 37.4 Å². The Morgan fingerprint density at radius 3 is 1.34 bits per heavy atom. The maximum atomic E-state index is 14.1. The zero-order chi connectivity index (χ0) is 50.9. The first kappa shape index (κ1) is 53.6. The van der Waals surface area contributed by atoms with Crippen molar-refractivity contribution < 1.29 is 38.2 Å². The predicted molar refractivity (Wildman–Crippen MR) is 266 cm³/mol. The molecule has 0 spiro atoms. The minimum atomic E-state index is -0.818. The highest BCUT2D eigenvalue weighted by atomic mass is 16.5. The van der Waals surface area contributed by atoms with Crippen LogP contribution >= 0.6 is 0 Å². The summed E-state index contributed by atoms with van der Waals surface area (Å²) in [5.74, 6) is 10.0. The third-order valence-corrected chi connectivity index (χ3v) is 14.1. The first-order valence-electron chi connectivity index (χ1n) is 24.8. The van der Waals surface area contributed by atoms with Crippen molar-refractivity contribution in [2.75, 3.05) is 40.4 Å². The van der Waals surface area contributed by atoms with Crippen molar-refractivity contribution in [2.45, 2.75) is 154 Å². The second-order valence-corrected chi connectivity index (χ2v) is 21.1. The smallest absolute Gasteiger partial charge is 0.246 e. The normalized spacial score (nSPS) is 23.3. The van der Waals surface area contributed by atoms with Crippen LogP contribution in [-0.4, -0.2) is 134 Å². The van der Waals surface area contributed by atoms with Crippen molar-refractivity contribution in [3.63, 3.8) is 0 Å². The third kappa shape index (κ3) is 12.8. The van der Waals surface area contributed by atoms with Crippen LogP contribution in [-0.2, 0) is 51.1 Å².